The van der Waals surface area contributed by atoms with Crippen molar-refractivity contribution in [2.24, 2.45) is 0 Å². The summed E-state index contributed by atoms with van der Waals surface area (Å²) in [6.45, 7) is 3.79. The van der Waals surface area contributed by atoms with Crippen LogP contribution in [0.3, 0.4) is 0 Å². The Hall–Kier alpha value is -3.75. The molecule has 3 aromatic rings. The van der Waals surface area contributed by atoms with Gasteiger partial charge < -0.3 is 14.5 Å². The molecule has 32 heavy (non-hydrogen) atoms. The fourth-order valence-corrected chi connectivity index (χ4v) is 3.75. The highest BCUT2D eigenvalue weighted by molar-refractivity contribution is 6.02. The average Bonchev–Trinajstić information content (AvgIpc) is 2.83. The summed E-state index contributed by atoms with van der Waals surface area (Å²) >= 11 is 0. The molecule has 1 aromatic heterocycles. The number of aromatic nitrogens is 2. The van der Waals surface area contributed by atoms with Crippen LogP contribution in [0.5, 0.6) is 0 Å². The van der Waals surface area contributed by atoms with Gasteiger partial charge in [-0.05, 0) is 37.3 Å². The molecule has 0 unspecified atom stereocenters. The summed E-state index contributed by atoms with van der Waals surface area (Å²) in [6, 6.07) is 12.9. The van der Waals surface area contributed by atoms with Gasteiger partial charge >= 0.3 is 5.97 Å². The highest BCUT2D eigenvalue weighted by Gasteiger charge is 2.24. The van der Waals surface area contributed by atoms with Gasteiger partial charge in [0.05, 0.1) is 5.39 Å². The SMILES string of the molecule is CCn1nc(C(=O)OCC(=O)N2CCN(c3ccc(F)cc3)CC2)c2ccccc2c1=O. The number of amides is 1. The van der Waals surface area contributed by atoms with Crippen LogP contribution >= 0.6 is 0 Å². The topological polar surface area (TPSA) is 84.7 Å². The molecule has 1 saturated heterocycles. The number of hydrogen-bond donors (Lipinski definition) is 0. The maximum atomic E-state index is 13.1. The van der Waals surface area contributed by atoms with Crippen LogP contribution in [0.1, 0.15) is 17.4 Å². The highest BCUT2D eigenvalue weighted by atomic mass is 19.1. The first kappa shape index (κ1) is 21.5. The van der Waals surface area contributed by atoms with Crippen LogP contribution < -0.4 is 10.5 Å². The molecule has 1 aliphatic heterocycles. The zero-order chi connectivity index (χ0) is 22.7. The highest BCUT2D eigenvalue weighted by Crippen LogP contribution is 2.17. The van der Waals surface area contributed by atoms with Crippen molar-refractivity contribution >= 4 is 28.3 Å². The van der Waals surface area contributed by atoms with Crippen LogP contribution in [0, 0.1) is 5.82 Å². The van der Waals surface area contributed by atoms with Crippen LogP contribution in [0.2, 0.25) is 0 Å². The lowest BCUT2D eigenvalue weighted by Gasteiger charge is -2.36. The standard InChI is InChI=1S/C23H23FN4O4/c1-2-28-22(30)19-6-4-3-5-18(19)21(25-28)23(31)32-15-20(29)27-13-11-26(12-14-27)17-9-7-16(24)8-10-17/h3-10H,2,11-15H2,1H3. The van der Waals surface area contributed by atoms with Gasteiger partial charge in [0, 0.05) is 43.8 Å². The molecule has 2 aromatic carbocycles. The van der Waals surface area contributed by atoms with Gasteiger partial charge in [0.2, 0.25) is 0 Å². The predicted molar refractivity (Wildman–Crippen MR) is 117 cm³/mol. The van der Waals surface area contributed by atoms with E-state index >= 15 is 0 Å². The van der Waals surface area contributed by atoms with Gasteiger partial charge in [0.1, 0.15) is 5.82 Å². The number of fused-ring (bicyclic) bond motifs is 1. The monoisotopic (exact) mass is 438 g/mol. The van der Waals surface area contributed by atoms with E-state index in [-0.39, 0.29) is 23.0 Å². The summed E-state index contributed by atoms with van der Waals surface area (Å²) in [6.07, 6.45) is 0. The quantitative estimate of drug-likeness (QED) is 0.567. The number of halogens is 1. The van der Waals surface area contributed by atoms with Crippen molar-refractivity contribution in [2.75, 3.05) is 37.7 Å². The minimum atomic E-state index is -0.748. The second kappa shape index (κ2) is 9.17. The number of benzene rings is 2. The second-order valence-corrected chi connectivity index (χ2v) is 7.44. The number of piperazine rings is 1. The van der Waals surface area contributed by atoms with Gasteiger partial charge in [0.15, 0.2) is 12.3 Å². The third kappa shape index (κ3) is 4.32. The molecule has 0 N–H and O–H groups in total. The van der Waals surface area contributed by atoms with Gasteiger partial charge in [-0.25, -0.2) is 13.9 Å². The molecule has 0 aliphatic carbocycles. The number of rotatable bonds is 5. The maximum Gasteiger partial charge on any atom is 0.359 e. The van der Waals surface area contributed by atoms with Crippen molar-refractivity contribution in [1.82, 2.24) is 14.7 Å². The Kier molecular flexibility index (Phi) is 6.16. The minimum Gasteiger partial charge on any atom is -0.451 e. The molecule has 0 bridgehead atoms. The van der Waals surface area contributed by atoms with Crippen molar-refractivity contribution in [3.8, 4) is 0 Å². The van der Waals surface area contributed by atoms with Gasteiger partial charge in [-0.15, -0.1) is 0 Å². The molecule has 9 heteroatoms. The fraction of sp³-hybridized carbons (Fsp3) is 0.304. The Balaban J connectivity index is 1.39. The first-order valence-electron chi connectivity index (χ1n) is 10.4. The third-order valence-electron chi connectivity index (χ3n) is 5.51. The molecule has 0 saturated carbocycles. The molecule has 166 valence electrons. The van der Waals surface area contributed by atoms with Crippen molar-refractivity contribution < 1.29 is 18.7 Å². The number of nitrogens with zero attached hydrogens (tertiary/aromatic N) is 4. The van der Waals surface area contributed by atoms with Crippen LogP contribution in [-0.2, 0) is 16.1 Å². The number of carbonyl (C=O) groups is 2. The molecule has 1 aliphatic rings. The number of aryl methyl sites for hydroxylation is 1. The number of carbonyl (C=O) groups excluding carboxylic acids is 2. The largest absolute Gasteiger partial charge is 0.451 e. The van der Waals surface area contributed by atoms with Gasteiger partial charge in [-0.2, -0.15) is 5.10 Å². The van der Waals surface area contributed by atoms with Crippen molar-refractivity contribution in [1.29, 1.82) is 0 Å². The van der Waals surface area contributed by atoms with E-state index in [0.29, 0.717) is 43.5 Å². The smallest absolute Gasteiger partial charge is 0.359 e. The van der Waals surface area contributed by atoms with Gasteiger partial charge in [-0.3, -0.25) is 9.59 Å². The van der Waals surface area contributed by atoms with Crippen LogP contribution in [-0.4, -0.2) is 59.3 Å². The Bertz CT molecular complexity index is 1200. The Morgan fingerprint density at radius 3 is 2.31 bits per heavy atom. The van der Waals surface area contributed by atoms with E-state index in [1.54, 1.807) is 48.2 Å². The summed E-state index contributed by atoms with van der Waals surface area (Å²) in [5.41, 5.74) is 0.625. The molecule has 0 radical (unpaired) electrons. The van der Waals surface area contributed by atoms with Crippen LogP contribution in [0.15, 0.2) is 53.3 Å². The molecule has 4 rings (SSSR count). The first-order chi connectivity index (χ1) is 15.5. The molecular weight excluding hydrogens is 415 g/mol. The zero-order valence-electron chi connectivity index (χ0n) is 17.7. The lowest BCUT2D eigenvalue weighted by Crippen LogP contribution is -2.50. The number of hydrogen-bond acceptors (Lipinski definition) is 6. The Morgan fingerprint density at radius 1 is 1.00 bits per heavy atom. The molecule has 8 nitrogen and oxygen atoms in total. The minimum absolute atomic E-state index is 0.0102. The van der Waals surface area contributed by atoms with Crippen molar-refractivity contribution in [3.05, 3.63) is 70.4 Å². The van der Waals surface area contributed by atoms with Gasteiger partial charge in [-0.1, -0.05) is 18.2 Å². The van der Waals surface area contributed by atoms with Crippen LogP contribution in [0.4, 0.5) is 10.1 Å². The molecule has 0 spiro atoms. The molecule has 1 fully saturated rings. The average molecular weight is 438 g/mol. The summed E-state index contributed by atoms with van der Waals surface area (Å²) in [4.78, 5) is 41.4. The first-order valence-corrected chi connectivity index (χ1v) is 10.4. The van der Waals surface area contributed by atoms with E-state index in [1.165, 1.54) is 16.8 Å². The van der Waals surface area contributed by atoms with Crippen molar-refractivity contribution in [3.63, 3.8) is 0 Å². The van der Waals surface area contributed by atoms with E-state index in [9.17, 15) is 18.8 Å². The summed E-state index contributed by atoms with van der Waals surface area (Å²) < 4.78 is 19.6. The lowest BCUT2D eigenvalue weighted by molar-refractivity contribution is -0.134. The fourth-order valence-electron chi connectivity index (χ4n) is 3.75. The summed E-state index contributed by atoms with van der Waals surface area (Å²) in [5, 5.41) is 4.90. The predicted octanol–water partition coefficient (Wildman–Crippen LogP) is 2.06. The number of esters is 1. The van der Waals surface area contributed by atoms with E-state index in [1.807, 2.05) is 0 Å². The van der Waals surface area contributed by atoms with E-state index in [2.05, 4.69) is 10.00 Å². The molecular formula is C23H23FN4O4. The summed E-state index contributed by atoms with van der Waals surface area (Å²) in [7, 11) is 0. The maximum absolute atomic E-state index is 13.1. The number of ether oxygens (including phenoxy) is 1. The number of anilines is 1. The summed E-state index contributed by atoms with van der Waals surface area (Å²) in [5.74, 6) is -1.34. The zero-order valence-corrected chi connectivity index (χ0v) is 17.7. The van der Waals surface area contributed by atoms with E-state index in [0.717, 1.165) is 5.69 Å². The Labute approximate surface area is 183 Å². The van der Waals surface area contributed by atoms with Crippen LogP contribution in [0.25, 0.3) is 10.8 Å². The molecule has 0 atom stereocenters. The lowest BCUT2D eigenvalue weighted by atomic mass is 10.1. The van der Waals surface area contributed by atoms with E-state index in [4.69, 9.17) is 4.74 Å². The molecule has 1 amide bonds. The van der Waals surface area contributed by atoms with Crippen molar-refractivity contribution in [2.45, 2.75) is 13.5 Å². The molecule has 2 heterocycles. The second-order valence-electron chi connectivity index (χ2n) is 7.44. The third-order valence-corrected chi connectivity index (χ3v) is 5.51. The normalized spacial score (nSPS) is 13.9. The Morgan fingerprint density at radius 2 is 1.66 bits per heavy atom. The van der Waals surface area contributed by atoms with Gasteiger partial charge in [0.25, 0.3) is 11.5 Å². The van der Waals surface area contributed by atoms with E-state index < -0.39 is 12.6 Å².